The summed E-state index contributed by atoms with van der Waals surface area (Å²) in [4.78, 5) is 51.6. The van der Waals surface area contributed by atoms with E-state index in [0.717, 1.165) is 11.5 Å². The second-order valence-corrected chi connectivity index (χ2v) is 9.47. The number of carbonyl (C=O) groups excluding carboxylic acids is 2. The van der Waals surface area contributed by atoms with Gasteiger partial charge in [-0.05, 0) is 50.1 Å². The summed E-state index contributed by atoms with van der Waals surface area (Å²) in [6.07, 6.45) is 13.4. The van der Waals surface area contributed by atoms with Crippen molar-refractivity contribution in [1.82, 2.24) is 19.6 Å². The number of ketones is 1. The SMILES string of the molecule is NC1N=CC(C(=O)C2CCN(C(=O)CCCc3cn4cccc4c(=O)[nH]3)CC2)=CC1C1=NCC=CN1. The summed E-state index contributed by atoms with van der Waals surface area (Å²) in [6.45, 7) is 1.71. The topological polar surface area (TPSA) is 137 Å². The third kappa shape index (κ3) is 5.08. The molecule has 1 saturated heterocycles. The summed E-state index contributed by atoms with van der Waals surface area (Å²) >= 11 is 0. The Morgan fingerprint density at radius 1 is 1.22 bits per heavy atom. The van der Waals surface area contributed by atoms with Gasteiger partial charge in [-0.3, -0.25) is 24.4 Å². The number of piperidine rings is 1. The Balaban J connectivity index is 1.11. The standard InChI is InChI=1S/C26H31N7O3/c27-24-20(25-28-9-3-10-29-25)14-18(15-30-24)23(35)17-7-12-32(13-8-17)22(34)6-1-4-19-16-33-11-2-5-21(33)26(36)31-19/h2-3,5,9,11,14-17,20,24H,1,4,6-8,10,12-13,27H2,(H,28,29)(H,31,36). The van der Waals surface area contributed by atoms with Crippen LogP contribution in [0.1, 0.15) is 31.4 Å². The highest BCUT2D eigenvalue weighted by atomic mass is 16.2. The van der Waals surface area contributed by atoms with Crippen LogP contribution in [0.2, 0.25) is 0 Å². The summed E-state index contributed by atoms with van der Waals surface area (Å²) in [5.74, 6) is 0.475. The number of nitrogens with two attached hydrogens (primary N) is 1. The summed E-state index contributed by atoms with van der Waals surface area (Å²) in [7, 11) is 0. The highest BCUT2D eigenvalue weighted by Crippen LogP contribution is 2.25. The number of fused-ring (bicyclic) bond motifs is 1. The lowest BCUT2D eigenvalue weighted by molar-refractivity contribution is -0.134. The van der Waals surface area contributed by atoms with Crippen LogP contribution in [0.4, 0.5) is 0 Å². The second-order valence-electron chi connectivity index (χ2n) is 9.47. The molecule has 0 radical (unpaired) electrons. The predicted octanol–water partition coefficient (Wildman–Crippen LogP) is 1.19. The van der Waals surface area contributed by atoms with Gasteiger partial charge in [0.05, 0.1) is 12.5 Å². The monoisotopic (exact) mass is 489 g/mol. The number of aryl methyl sites for hydroxylation is 1. The molecule has 1 amide bonds. The van der Waals surface area contributed by atoms with E-state index in [4.69, 9.17) is 5.73 Å². The molecule has 0 saturated carbocycles. The predicted molar refractivity (Wildman–Crippen MR) is 138 cm³/mol. The Morgan fingerprint density at radius 2 is 2.06 bits per heavy atom. The van der Waals surface area contributed by atoms with Gasteiger partial charge in [-0.25, -0.2) is 0 Å². The number of Topliss-reactive ketones (excluding diaryl/α,β-unsaturated/α-hetero) is 1. The van der Waals surface area contributed by atoms with Crippen molar-refractivity contribution < 1.29 is 9.59 Å². The zero-order valence-electron chi connectivity index (χ0n) is 20.1. The number of aliphatic imine (C=N–C) groups is 2. The first-order valence-electron chi connectivity index (χ1n) is 12.5. The number of hydrogen-bond acceptors (Lipinski definition) is 7. The third-order valence-corrected chi connectivity index (χ3v) is 7.06. The smallest absolute Gasteiger partial charge is 0.272 e. The number of amides is 1. The summed E-state index contributed by atoms with van der Waals surface area (Å²) < 4.78 is 1.80. The third-order valence-electron chi connectivity index (χ3n) is 7.06. The largest absolute Gasteiger partial charge is 0.350 e. The van der Waals surface area contributed by atoms with Crippen molar-refractivity contribution in [1.29, 1.82) is 0 Å². The van der Waals surface area contributed by atoms with E-state index in [0.29, 0.717) is 62.8 Å². The maximum Gasteiger partial charge on any atom is 0.272 e. The fourth-order valence-electron chi connectivity index (χ4n) is 5.03. The Labute approximate surface area is 208 Å². The molecule has 1 fully saturated rings. The van der Waals surface area contributed by atoms with Gasteiger partial charge in [0.15, 0.2) is 5.78 Å². The van der Waals surface area contributed by atoms with E-state index in [1.165, 1.54) is 0 Å². The van der Waals surface area contributed by atoms with Crippen LogP contribution in [0.3, 0.4) is 0 Å². The number of rotatable bonds is 7. The first-order chi connectivity index (χ1) is 17.5. The molecule has 188 valence electrons. The number of nitrogens with zero attached hydrogens (tertiary/aromatic N) is 4. The zero-order valence-corrected chi connectivity index (χ0v) is 20.1. The van der Waals surface area contributed by atoms with Crippen LogP contribution in [0.5, 0.6) is 0 Å². The summed E-state index contributed by atoms with van der Waals surface area (Å²) in [5, 5.41) is 3.11. The van der Waals surface area contributed by atoms with Crippen LogP contribution in [-0.4, -0.2) is 63.8 Å². The molecule has 10 nitrogen and oxygen atoms in total. The maximum atomic E-state index is 13.2. The summed E-state index contributed by atoms with van der Waals surface area (Å²) in [6, 6.07) is 3.60. The van der Waals surface area contributed by atoms with Crippen LogP contribution < -0.4 is 16.6 Å². The zero-order chi connectivity index (χ0) is 25.1. The van der Waals surface area contributed by atoms with E-state index < -0.39 is 6.17 Å². The summed E-state index contributed by atoms with van der Waals surface area (Å²) in [5.41, 5.74) is 8.01. The number of likely N-dealkylation sites (tertiary alicyclic amines) is 1. The lowest BCUT2D eigenvalue weighted by Gasteiger charge is -2.32. The molecule has 36 heavy (non-hydrogen) atoms. The molecular weight excluding hydrogens is 458 g/mol. The van der Waals surface area contributed by atoms with Gasteiger partial charge in [-0.1, -0.05) is 6.08 Å². The lowest BCUT2D eigenvalue weighted by Crippen LogP contribution is -2.43. The number of allylic oxidation sites excluding steroid dienone is 1. The van der Waals surface area contributed by atoms with E-state index in [1.807, 2.05) is 41.7 Å². The molecule has 2 unspecified atom stereocenters. The van der Waals surface area contributed by atoms with Crippen molar-refractivity contribution in [3.05, 3.63) is 64.5 Å². The molecular formula is C26H31N7O3. The van der Waals surface area contributed by atoms with Crippen LogP contribution in [0, 0.1) is 11.8 Å². The normalized spacial score (nSPS) is 22.3. The van der Waals surface area contributed by atoms with E-state index >= 15 is 0 Å². The molecule has 0 spiro atoms. The molecule has 3 aliphatic rings. The second kappa shape index (κ2) is 10.4. The molecule has 5 heterocycles. The number of dihydropyridines is 1. The first-order valence-corrected chi connectivity index (χ1v) is 12.5. The molecule has 2 atom stereocenters. The molecule has 0 bridgehead atoms. The van der Waals surface area contributed by atoms with Crippen LogP contribution in [0.15, 0.2) is 63.2 Å². The minimum atomic E-state index is -0.471. The molecule has 3 aliphatic heterocycles. The molecule has 0 aliphatic carbocycles. The number of amidine groups is 1. The first kappa shape index (κ1) is 23.9. The van der Waals surface area contributed by atoms with E-state index in [2.05, 4.69) is 20.3 Å². The molecule has 2 aromatic rings. The average Bonchev–Trinajstić information content (AvgIpc) is 3.38. The number of nitrogens with one attached hydrogen (secondary N) is 2. The van der Waals surface area contributed by atoms with Crippen LogP contribution in [-0.2, 0) is 16.0 Å². The van der Waals surface area contributed by atoms with Gasteiger partial charge in [0, 0.05) is 55.3 Å². The number of carbonyl (C=O) groups is 2. The van der Waals surface area contributed by atoms with Crippen LogP contribution in [0.25, 0.3) is 5.52 Å². The quantitative estimate of drug-likeness (QED) is 0.536. The average molecular weight is 490 g/mol. The highest BCUT2D eigenvalue weighted by Gasteiger charge is 2.32. The minimum absolute atomic E-state index is 0.0547. The van der Waals surface area contributed by atoms with Gasteiger partial charge >= 0.3 is 0 Å². The Bertz CT molecular complexity index is 1320. The van der Waals surface area contributed by atoms with Crippen molar-refractivity contribution in [2.75, 3.05) is 19.6 Å². The molecule has 4 N–H and O–H groups in total. The Hall–Kier alpha value is -3.79. The van der Waals surface area contributed by atoms with Crippen molar-refractivity contribution in [3.63, 3.8) is 0 Å². The molecule has 10 heteroatoms. The number of aromatic amines is 1. The minimum Gasteiger partial charge on any atom is -0.350 e. The van der Waals surface area contributed by atoms with Gasteiger partial charge in [0.25, 0.3) is 5.56 Å². The van der Waals surface area contributed by atoms with Crippen molar-refractivity contribution >= 4 is 29.3 Å². The maximum absolute atomic E-state index is 13.2. The van der Waals surface area contributed by atoms with Crippen molar-refractivity contribution in [3.8, 4) is 0 Å². The Morgan fingerprint density at radius 3 is 2.83 bits per heavy atom. The fourth-order valence-corrected chi connectivity index (χ4v) is 5.03. The number of H-pyrrole nitrogens is 1. The number of aromatic nitrogens is 2. The fraction of sp³-hybridized carbons (Fsp3) is 0.423. The highest BCUT2D eigenvalue weighted by molar-refractivity contribution is 6.15. The molecule has 0 aromatic carbocycles. The molecule has 5 rings (SSSR count). The van der Waals surface area contributed by atoms with Gasteiger partial charge in [-0.2, -0.15) is 0 Å². The number of hydrogen-bond donors (Lipinski definition) is 3. The lowest BCUT2D eigenvalue weighted by atomic mass is 9.86. The van der Waals surface area contributed by atoms with Gasteiger partial charge in [0.2, 0.25) is 5.91 Å². The van der Waals surface area contributed by atoms with Gasteiger partial charge in [-0.15, -0.1) is 0 Å². The Kier molecular flexibility index (Phi) is 6.95. The van der Waals surface area contributed by atoms with Gasteiger partial charge < -0.3 is 25.3 Å². The van der Waals surface area contributed by atoms with Crippen LogP contribution >= 0.6 is 0 Å². The van der Waals surface area contributed by atoms with E-state index in [-0.39, 0.29) is 29.1 Å². The van der Waals surface area contributed by atoms with Gasteiger partial charge in [0.1, 0.15) is 17.5 Å². The van der Waals surface area contributed by atoms with Crippen molar-refractivity contribution in [2.24, 2.45) is 27.6 Å². The van der Waals surface area contributed by atoms with E-state index in [9.17, 15) is 14.4 Å². The molecule has 2 aromatic heterocycles. The van der Waals surface area contributed by atoms with Crippen molar-refractivity contribution in [2.45, 2.75) is 38.3 Å². The van der Waals surface area contributed by atoms with E-state index in [1.54, 1.807) is 16.7 Å².